The lowest BCUT2D eigenvalue weighted by atomic mass is 10.1. The quantitative estimate of drug-likeness (QED) is 0.720. The second-order valence-electron chi connectivity index (χ2n) is 4.81. The number of imide groups is 1. The SMILES string of the molecule is Cc1n[nH]c(C)c1C(=O)Nc1ccc2c(c1)C(=O)NC2=O. The van der Waals surface area contributed by atoms with E-state index < -0.39 is 11.8 Å². The first-order chi connectivity index (χ1) is 9.97. The predicted molar refractivity (Wildman–Crippen MR) is 74.3 cm³/mol. The van der Waals surface area contributed by atoms with Crippen LogP contribution < -0.4 is 10.6 Å². The molecule has 0 spiro atoms. The maximum atomic E-state index is 12.2. The number of benzene rings is 1. The van der Waals surface area contributed by atoms with Crippen LogP contribution in [-0.2, 0) is 0 Å². The van der Waals surface area contributed by atoms with Crippen molar-refractivity contribution in [2.45, 2.75) is 13.8 Å². The third kappa shape index (κ3) is 2.08. The van der Waals surface area contributed by atoms with Crippen molar-refractivity contribution in [1.29, 1.82) is 0 Å². The zero-order valence-corrected chi connectivity index (χ0v) is 11.4. The van der Waals surface area contributed by atoms with Gasteiger partial charge in [-0.1, -0.05) is 0 Å². The van der Waals surface area contributed by atoms with E-state index in [9.17, 15) is 14.4 Å². The highest BCUT2D eigenvalue weighted by Crippen LogP contribution is 2.21. The molecule has 3 rings (SSSR count). The summed E-state index contributed by atoms with van der Waals surface area (Å²) in [6.07, 6.45) is 0. The van der Waals surface area contributed by atoms with Gasteiger partial charge in [0.15, 0.2) is 0 Å². The van der Waals surface area contributed by atoms with Crippen LogP contribution in [0.15, 0.2) is 18.2 Å². The molecule has 0 aliphatic carbocycles. The predicted octanol–water partition coefficient (Wildman–Crippen LogP) is 1.16. The van der Waals surface area contributed by atoms with Crippen molar-refractivity contribution in [3.05, 3.63) is 46.3 Å². The fourth-order valence-corrected chi connectivity index (χ4v) is 2.32. The van der Waals surface area contributed by atoms with Crippen LogP contribution in [0.3, 0.4) is 0 Å². The summed E-state index contributed by atoms with van der Waals surface area (Å²) in [6.45, 7) is 3.48. The van der Waals surface area contributed by atoms with Gasteiger partial charge in [-0.25, -0.2) is 0 Å². The van der Waals surface area contributed by atoms with Crippen LogP contribution in [0.4, 0.5) is 5.69 Å². The second kappa shape index (κ2) is 4.55. The Morgan fingerprint density at radius 1 is 1.14 bits per heavy atom. The first kappa shape index (κ1) is 13.0. The summed E-state index contributed by atoms with van der Waals surface area (Å²) < 4.78 is 0. The van der Waals surface area contributed by atoms with Gasteiger partial charge in [0.2, 0.25) is 0 Å². The number of H-pyrrole nitrogens is 1. The minimum Gasteiger partial charge on any atom is -0.322 e. The van der Waals surface area contributed by atoms with Gasteiger partial charge in [0, 0.05) is 11.4 Å². The number of aryl methyl sites for hydroxylation is 2. The van der Waals surface area contributed by atoms with E-state index in [0.29, 0.717) is 28.2 Å². The molecule has 2 heterocycles. The van der Waals surface area contributed by atoms with Gasteiger partial charge >= 0.3 is 0 Å². The third-order valence-electron chi connectivity index (χ3n) is 3.35. The van der Waals surface area contributed by atoms with E-state index in [2.05, 4.69) is 20.8 Å². The molecule has 0 atom stereocenters. The number of carbonyl (C=O) groups is 3. The number of hydrogen-bond donors (Lipinski definition) is 3. The lowest BCUT2D eigenvalue weighted by Crippen LogP contribution is -2.19. The zero-order valence-electron chi connectivity index (χ0n) is 11.4. The van der Waals surface area contributed by atoms with E-state index in [0.717, 1.165) is 0 Å². The largest absolute Gasteiger partial charge is 0.322 e. The maximum Gasteiger partial charge on any atom is 0.259 e. The van der Waals surface area contributed by atoms with E-state index in [1.165, 1.54) is 12.1 Å². The van der Waals surface area contributed by atoms with Gasteiger partial charge in [0.05, 0.1) is 22.4 Å². The summed E-state index contributed by atoms with van der Waals surface area (Å²) in [5, 5.41) is 11.6. The second-order valence-corrected chi connectivity index (χ2v) is 4.81. The van der Waals surface area contributed by atoms with Crippen LogP contribution in [0.25, 0.3) is 0 Å². The first-order valence-electron chi connectivity index (χ1n) is 6.30. The minimum atomic E-state index is -0.457. The Morgan fingerprint density at radius 2 is 1.86 bits per heavy atom. The van der Waals surface area contributed by atoms with Crippen molar-refractivity contribution in [1.82, 2.24) is 15.5 Å². The van der Waals surface area contributed by atoms with Gasteiger partial charge in [0.1, 0.15) is 0 Å². The standard InChI is InChI=1S/C14H12N4O3/c1-6-11(7(2)18-17-6)14(21)15-8-3-4-9-10(5-8)13(20)16-12(9)19/h3-5H,1-2H3,(H,15,21)(H,17,18)(H,16,19,20). The number of anilines is 1. The summed E-state index contributed by atoms with van der Waals surface area (Å²) in [7, 11) is 0. The molecule has 0 bridgehead atoms. The topological polar surface area (TPSA) is 104 Å². The third-order valence-corrected chi connectivity index (χ3v) is 3.35. The number of nitrogens with one attached hydrogen (secondary N) is 3. The van der Waals surface area contributed by atoms with Crippen molar-refractivity contribution >= 4 is 23.4 Å². The Bertz CT molecular complexity index is 772. The Morgan fingerprint density at radius 3 is 2.52 bits per heavy atom. The van der Waals surface area contributed by atoms with E-state index in [1.807, 2.05) is 0 Å². The van der Waals surface area contributed by atoms with Crippen molar-refractivity contribution in [3.8, 4) is 0 Å². The molecule has 1 aromatic carbocycles. The highest BCUT2D eigenvalue weighted by atomic mass is 16.2. The van der Waals surface area contributed by atoms with Crippen LogP contribution in [0, 0.1) is 13.8 Å². The zero-order chi connectivity index (χ0) is 15.1. The lowest BCUT2D eigenvalue weighted by molar-refractivity contribution is 0.0878. The lowest BCUT2D eigenvalue weighted by Gasteiger charge is -2.06. The summed E-state index contributed by atoms with van der Waals surface area (Å²) >= 11 is 0. The van der Waals surface area contributed by atoms with E-state index in [-0.39, 0.29) is 11.5 Å². The van der Waals surface area contributed by atoms with Crippen LogP contribution >= 0.6 is 0 Å². The molecular weight excluding hydrogens is 272 g/mol. The molecule has 0 radical (unpaired) electrons. The van der Waals surface area contributed by atoms with E-state index in [4.69, 9.17) is 0 Å². The molecule has 0 fully saturated rings. The summed E-state index contributed by atoms with van der Waals surface area (Å²) in [6, 6.07) is 4.58. The Kier molecular flexibility index (Phi) is 2.83. The summed E-state index contributed by atoms with van der Waals surface area (Å²) in [4.78, 5) is 35.3. The van der Waals surface area contributed by atoms with Crippen molar-refractivity contribution in [2.24, 2.45) is 0 Å². The van der Waals surface area contributed by atoms with Crippen LogP contribution in [0.1, 0.15) is 42.5 Å². The van der Waals surface area contributed by atoms with Gasteiger partial charge < -0.3 is 5.32 Å². The van der Waals surface area contributed by atoms with Crippen molar-refractivity contribution in [3.63, 3.8) is 0 Å². The molecule has 106 valence electrons. The highest BCUT2D eigenvalue weighted by Gasteiger charge is 2.27. The van der Waals surface area contributed by atoms with Crippen LogP contribution in [0.2, 0.25) is 0 Å². The minimum absolute atomic E-state index is 0.262. The van der Waals surface area contributed by atoms with E-state index >= 15 is 0 Å². The fourth-order valence-electron chi connectivity index (χ4n) is 2.32. The number of amides is 3. The molecule has 3 N–H and O–H groups in total. The molecule has 1 aliphatic rings. The highest BCUT2D eigenvalue weighted by molar-refractivity contribution is 6.22. The monoisotopic (exact) mass is 284 g/mol. The molecule has 0 saturated carbocycles. The van der Waals surface area contributed by atoms with Gasteiger partial charge in [-0.3, -0.25) is 24.8 Å². The number of rotatable bonds is 2. The normalized spacial score (nSPS) is 13.0. The smallest absolute Gasteiger partial charge is 0.259 e. The van der Waals surface area contributed by atoms with E-state index in [1.54, 1.807) is 19.9 Å². The number of hydrogen-bond acceptors (Lipinski definition) is 4. The van der Waals surface area contributed by atoms with Crippen molar-refractivity contribution in [2.75, 3.05) is 5.32 Å². The Balaban J connectivity index is 1.90. The van der Waals surface area contributed by atoms with Crippen molar-refractivity contribution < 1.29 is 14.4 Å². The number of carbonyl (C=O) groups excluding carboxylic acids is 3. The molecule has 3 amide bonds. The molecule has 0 unspecified atom stereocenters. The van der Waals surface area contributed by atoms with Gasteiger partial charge in [-0.2, -0.15) is 5.10 Å². The maximum absolute atomic E-state index is 12.2. The van der Waals surface area contributed by atoms with Gasteiger partial charge in [-0.05, 0) is 32.0 Å². The fraction of sp³-hybridized carbons (Fsp3) is 0.143. The Hall–Kier alpha value is -2.96. The Labute approximate surface area is 119 Å². The van der Waals surface area contributed by atoms with Gasteiger partial charge in [-0.15, -0.1) is 0 Å². The molecular formula is C14H12N4O3. The molecule has 7 nitrogen and oxygen atoms in total. The molecule has 1 aromatic heterocycles. The van der Waals surface area contributed by atoms with Gasteiger partial charge in [0.25, 0.3) is 17.7 Å². The first-order valence-corrected chi connectivity index (χ1v) is 6.30. The number of fused-ring (bicyclic) bond motifs is 1. The van der Waals surface area contributed by atoms with Crippen LogP contribution in [0.5, 0.6) is 0 Å². The molecule has 2 aromatic rings. The molecule has 21 heavy (non-hydrogen) atoms. The molecule has 7 heteroatoms. The average molecular weight is 284 g/mol. The van der Waals surface area contributed by atoms with Crippen LogP contribution in [-0.4, -0.2) is 27.9 Å². The summed E-state index contributed by atoms with van der Waals surface area (Å²) in [5.41, 5.74) is 2.75. The summed E-state index contributed by atoms with van der Waals surface area (Å²) in [5.74, 6) is -1.19. The average Bonchev–Trinajstić information content (AvgIpc) is 2.90. The molecule has 0 saturated heterocycles. The number of aromatic nitrogens is 2. The number of nitrogens with zero attached hydrogens (tertiary/aromatic N) is 1. The number of aromatic amines is 1. The molecule has 1 aliphatic heterocycles.